The lowest BCUT2D eigenvalue weighted by molar-refractivity contribution is -0.148. The lowest BCUT2D eigenvalue weighted by Gasteiger charge is -2.40. The number of nitrogens with one attached hydrogen (secondary N) is 1. The molecule has 166 valence electrons. The Bertz CT molecular complexity index is 1050. The van der Waals surface area contributed by atoms with Gasteiger partial charge in [0.2, 0.25) is 0 Å². The fourth-order valence-corrected chi connectivity index (χ4v) is 4.51. The van der Waals surface area contributed by atoms with Crippen molar-refractivity contribution in [2.75, 3.05) is 31.6 Å². The summed E-state index contributed by atoms with van der Waals surface area (Å²) in [6, 6.07) is 12.8. The van der Waals surface area contributed by atoms with Crippen LogP contribution >= 0.6 is 11.8 Å². The average molecular weight is 451 g/mol. The molecule has 0 unspecified atom stereocenters. The number of hydrogen-bond acceptors (Lipinski definition) is 9. The second-order valence-electron chi connectivity index (χ2n) is 7.40. The molecule has 1 aromatic carbocycles. The number of thioether (sulfide) groups is 1. The van der Waals surface area contributed by atoms with Crippen LogP contribution < -0.4 is 16.0 Å². The molecular weight excluding hydrogens is 424 g/mol. The second-order valence-corrected chi connectivity index (χ2v) is 8.37. The molecule has 2 aromatic rings. The van der Waals surface area contributed by atoms with Crippen LogP contribution in [-0.2, 0) is 28.2 Å². The number of esters is 1. The molecule has 1 aromatic heterocycles. The average Bonchev–Trinajstić information content (AvgIpc) is 2.79. The minimum atomic E-state index is -0.450. The number of rotatable bonds is 9. The van der Waals surface area contributed by atoms with Crippen molar-refractivity contribution in [3.05, 3.63) is 52.1 Å². The summed E-state index contributed by atoms with van der Waals surface area (Å²) in [5.41, 5.74) is 9.20. The van der Waals surface area contributed by atoms with Gasteiger partial charge in [0.15, 0.2) is 0 Å². The van der Waals surface area contributed by atoms with Crippen LogP contribution in [0.4, 0.5) is 5.82 Å². The number of nitrogens with two attached hydrogens (primary N) is 1. The van der Waals surface area contributed by atoms with Gasteiger partial charge in [0.25, 0.3) is 0 Å². The third-order valence-electron chi connectivity index (χ3n) is 5.22. The van der Waals surface area contributed by atoms with E-state index in [0.717, 1.165) is 12.1 Å². The Labute approximate surface area is 192 Å². The number of aromatic nitrogens is 1. The second kappa shape index (κ2) is 11.0. The molecule has 9 heteroatoms. The SMILES string of the molecule is CCc1c(C#N)c(SCc2ccc(CNC)cc2)nc(N2CC(OC(=O)CN)C2)c1C#N. The van der Waals surface area contributed by atoms with Crippen molar-refractivity contribution >= 4 is 23.5 Å². The van der Waals surface area contributed by atoms with Crippen LogP contribution in [0.2, 0.25) is 0 Å². The van der Waals surface area contributed by atoms with Gasteiger partial charge >= 0.3 is 5.97 Å². The van der Waals surface area contributed by atoms with E-state index in [1.54, 1.807) is 0 Å². The highest BCUT2D eigenvalue weighted by Gasteiger charge is 2.34. The first kappa shape index (κ1) is 23.6. The molecule has 3 N–H and O–H groups in total. The van der Waals surface area contributed by atoms with Gasteiger partial charge in [-0.15, -0.1) is 11.8 Å². The summed E-state index contributed by atoms with van der Waals surface area (Å²) in [6.07, 6.45) is 0.278. The summed E-state index contributed by atoms with van der Waals surface area (Å²) in [4.78, 5) is 18.0. The minimum Gasteiger partial charge on any atom is -0.458 e. The Balaban J connectivity index is 1.84. The van der Waals surface area contributed by atoms with Crippen LogP contribution in [-0.4, -0.2) is 43.7 Å². The highest BCUT2D eigenvalue weighted by Crippen LogP contribution is 2.35. The van der Waals surface area contributed by atoms with Crippen molar-refractivity contribution in [2.24, 2.45) is 5.73 Å². The number of ether oxygens (including phenoxy) is 1. The van der Waals surface area contributed by atoms with Crippen LogP contribution in [0.15, 0.2) is 29.3 Å². The highest BCUT2D eigenvalue weighted by molar-refractivity contribution is 7.98. The normalized spacial score (nSPS) is 13.2. The summed E-state index contributed by atoms with van der Waals surface area (Å²) in [5.74, 6) is 0.747. The van der Waals surface area contributed by atoms with Crippen molar-refractivity contribution in [1.82, 2.24) is 10.3 Å². The van der Waals surface area contributed by atoms with Crippen LogP contribution in [0.1, 0.15) is 34.7 Å². The third kappa shape index (κ3) is 5.20. The summed E-state index contributed by atoms with van der Waals surface area (Å²) in [5, 5.41) is 23.3. The third-order valence-corrected chi connectivity index (χ3v) is 6.26. The first-order chi connectivity index (χ1) is 15.5. The van der Waals surface area contributed by atoms with Crippen molar-refractivity contribution < 1.29 is 9.53 Å². The van der Waals surface area contributed by atoms with E-state index >= 15 is 0 Å². The maximum Gasteiger partial charge on any atom is 0.320 e. The molecule has 1 saturated heterocycles. The molecule has 0 amide bonds. The van der Waals surface area contributed by atoms with Gasteiger partial charge in [-0.05, 0) is 30.2 Å². The summed E-state index contributed by atoms with van der Waals surface area (Å²) in [6.45, 7) is 3.46. The molecule has 1 aliphatic heterocycles. The van der Waals surface area contributed by atoms with Crippen LogP contribution in [0, 0.1) is 22.7 Å². The molecule has 3 rings (SSSR count). The van der Waals surface area contributed by atoms with Gasteiger partial charge in [-0.25, -0.2) is 4.98 Å². The Morgan fingerprint density at radius 1 is 1.25 bits per heavy atom. The summed E-state index contributed by atoms with van der Waals surface area (Å²) < 4.78 is 5.25. The Hall–Kier alpha value is -3.11. The number of nitriles is 2. The Morgan fingerprint density at radius 2 is 1.91 bits per heavy atom. The molecule has 1 aliphatic rings. The van der Waals surface area contributed by atoms with Crippen molar-refractivity contribution in [3.8, 4) is 12.1 Å². The van der Waals surface area contributed by atoms with E-state index in [1.807, 2.05) is 18.9 Å². The highest BCUT2D eigenvalue weighted by atomic mass is 32.2. The predicted molar refractivity (Wildman–Crippen MR) is 123 cm³/mol. The molecule has 1 fully saturated rings. The zero-order valence-electron chi connectivity index (χ0n) is 18.2. The van der Waals surface area contributed by atoms with E-state index in [-0.39, 0.29) is 12.6 Å². The number of nitrogens with zero attached hydrogens (tertiary/aromatic N) is 4. The van der Waals surface area contributed by atoms with E-state index in [4.69, 9.17) is 15.5 Å². The lowest BCUT2D eigenvalue weighted by atomic mass is 10.0. The summed E-state index contributed by atoms with van der Waals surface area (Å²) in [7, 11) is 1.91. The van der Waals surface area contributed by atoms with Gasteiger partial charge in [0.05, 0.1) is 30.8 Å². The van der Waals surface area contributed by atoms with Crippen molar-refractivity contribution in [2.45, 2.75) is 36.8 Å². The molecule has 8 nitrogen and oxygen atoms in total. The molecule has 0 radical (unpaired) electrons. The van der Waals surface area contributed by atoms with Gasteiger partial charge in [-0.1, -0.05) is 31.2 Å². The zero-order chi connectivity index (χ0) is 23.1. The van der Waals surface area contributed by atoms with Gasteiger partial charge in [0, 0.05) is 12.3 Å². The molecule has 32 heavy (non-hydrogen) atoms. The fourth-order valence-electron chi connectivity index (χ4n) is 3.55. The first-order valence-corrected chi connectivity index (χ1v) is 11.4. The number of anilines is 1. The minimum absolute atomic E-state index is 0.161. The maximum absolute atomic E-state index is 11.4. The Kier molecular flexibility index (Phi) is 8.07. The molecule has 0 atom stereocenters. The van der Waals surface area contributed by atoms with E-state index < -0.39 is 5.97 Å². The van der Waals surface area contributed by atoms with E-state index in [1.165, 1.54) is 17.3 Å². The molecular formula is C23H26N6O2S. The molecule has 2 heterocycles. The molecule has 0 bridgehead atoms. The van der Waals surface area contributed by atoms with Gasteiger partial charge in [-0.2, -0.15) is 10.5 Å². The molecule has 0 aliphatic carbocycles. The quantitative estimate of drug-likeness (QED) is 0.436. The van der Waals surface area contributed by atoms with Crippen LogP contribution in [0.5, 0.6) is 0 Å². The van der Waals surface area contributed by atoms with Crippen LogP contribution in [0.3, 0.4) is 0 Å². The van der Waals surface area contributed by atoms with Crippen molar-refractivity contribution in [1.29, 1.82) is 10.5 Å². The zero-order valence-corrected chi connectivity index (χ0v) is 19.0. The van der Waals surface area contributed by atoms with Crippen molar-refractivity contribution in [3.63, 3.8) is 0 Å². The standard InChI is InChI=1S/C23H26N6O2S/c1-3-18-19(8-24)22(29-12-17(13-29)31-21(30)10-26)28-23(20(18)9-25)32-14-16-6-4-15(5-7-16)11-27-2/h4-7,17,27H,3,10-14,26H2,1-2H3. The number of pyridine rings is 1. The van der Waals surface area contributed by atoms with Crippen LogP contribution in [0.25, 0.3) is 0 Å². The van der Waals surface area contributed by atoms with E-state index in [0.29, 0.717) is 52.8 Å². The first-order valence-electron chi connectivity index (χ1n) is 10.4. The van der Waals surface area contributed by atoms with Gasteiger partial charge in [0.1, 0.15) is 29.1 Å². The number of hydrogen-bond donors (Lipinski definition) is 2. The van der Waals surface area contributed by atoms with Gasteiger partial charge < -0.3 is 20.7 Å². The topological polar surface area (TPSA) is 128 Å². The summed E-state index contributed by atoms with van der Waals surface area (Å²) >= 11 is 1.49. The number of carbonyl (C=O) groups is 1. The number of carbonyl (C=O) groups excluding carboxylic acids is 1. The predicted octanol–water partition coefficient (Wildman–Crippen LogP) is 2.09. The van der Waals surface area contributed by atoms with Gasteiger partial charge in [-0.3, -0.25) is 4.79 Å². The Morgan fingerprint density at radius 3 is 2.47 bits per heavy atom. The maximum atomic E-state index is 11.4. The lowest BCUT2D eigenvalue weighted by Crippen LogP contribution is -2.54. The fraction of sp³-hybridized carbons (Fsp3) is 0.391. The molecule has 0 saturated carbocycles. The molecule has 0 spiro atoms. The largest absolute Gasteiger partial charge is 0.458 e. The van der Waals surface area contributed by atoms with E-state index in [9.17, 15) is 15.3 Å². The number of benzene rings is 1. The monoisotopic (exact) mass is 450 g/mol. The van der Waals surface area contributed by atoms with E-state index in [2.05, 4.69) is 41.7 Å². The smallest absolute Gasteiger partial charge is 0.320 e.